The summed E-state index contributed by atoms with van der Waals surface area (Å²) >= 11 is 5.92. The zero-order valence-corrected chi connectivity index (χ0v) is 12.7. The van der Waals surface area contributed by atoms with Crippen molar-refractivity contribution >= 4 is 40.9 Å². The van der Waals surface area contributed by atoms with Crippen molar-refractivity contribution in [3.05, 3.63) is 58.6 Å². The van der Waals surface area contributed by atoms with E-state index in [1.165, 1.54) is 0 Å². The number of para-hydroxylation sites is 1. The monoisotopic (exact) mass is 328 g/mol. The summed E-state index contributed by atoms with van der Waals surface area (Å²) in [4.78, 5) is 23.3. The van der Waals surface area contributed by atoms with Crippen LogP contribution >= 0.6 is 11.6 Å². The minimum absolute atomic E-state index is 0.0715. The van der Waals surface area contributed by atoms with Crippen molar-refractivity contribution in [3.8, 4) is 0 Å². The maximum absolute atomic E-state index is 12.0. The fourth-order valence-electron chi connectivity index (χ4n) is 2.37. The Morgan fingerprint density at radius 2 is 2.09 bits per heavy atom. The predicted molar refractivity (Wildman–Crippen MR) is 89.4 cm³/mol. The van der Waals surface area contributed by atoms with Crippen molar-refractivity contribution in [1.29, 1.82) is 0 Å². The third kappa shape index (κ3) is 2.89. The first-order valence-electron chi connectivity index (χ1n) is 6.83. The Balaban J connectivity index is 1.90. The van der Waals surface area contributed by atoms with Crippen molar-refractivity contribution in [2.75, 3.05) is 11.1 Å². The molecule has 1 heterocycles. The smallest absolute Gasteiger partial charge is 0.253 e. The van der Waals surface area contributed by atoms with Crippen LogP contribution in [-0.4, -0.2) is 17.9 Å². The maximum atomic E-state index is 12.0. The Morgan fingerprint density at radius 1 is 1.30 bits per heavy atom. The molecular formula is C16H13ClN4O2. The van der Waals surface area contributed by atoms with Crippen LogP contribution in [0.3, 0.4) is 0 Å². The topological polar surface area (TPSA) is 96.6 Å². The van der Waals surface area contributed by atoms with Gasteiger partial charge in [-0.3, -0.25) is 15.0 Å². The van der Waals surface area contributed by atoms with Crippen molar-refractivity contribution in [2.24, 2.45) is 5.10 Å². The molecule has 1 aliphatic rings. The SMILES string of the molecule is Nc1ccc(Cl)cc1/C(C=O)=N/N[C@H]1C(=O)Nc2ccccc21. The fourth-order valence-corrected chi connectivity index (χ4v) is 2.54. The van der Waals surface area contributed by atoms with Crippen LogP contribution in [0.5, 0.6) is 0 Å². The highest BCUT2D eigenvalue weighted by Gasteiger charge is 2.29. The molecule has 7 heteroatoms. The van der Waals surface area contributed by atoms with E-state index in [0.29, 0.717) is 22.6 Å². The van der Waals surface area contributed by atoms with E-state index >= 15 is 0 Å². The third-order valence-corrected chi connectivity index (χ3v) is 3.74. The molecule has 2 aromatic carbocycles. The number of nitrogens with zero attached hydrogens (tertiary/aromatic N) is 1. The molecule has 0 aromatic heterocycles. The molecule has 0 aliphatic carbocycles. The predicted octanol–water partition coefficient (Wildman–Crippen LogP) is 2.11. The van der Waals surface area contributed by atoms with E-state index in [2.05, 4.69) is 15.8 Å². The lowest BCUT2D eigenvalue weighted by Gasteiger charge is -2.10. The normalized spacial score (nSPS) is 16.7. The van der Waals surface area contributed by atoms with E-state index in [0.717, 1.165) is 11.3 Å². The molecule has 0 radical (unpaired) electrons. The average molecular weight is 329 g/mol. The van der Waals surface area contributed by atoms with Gasteiger partial charge >= 0.3 is 0 Å². The third-order valence-electron chi connectivity index (χ3n) is 3.51. The number of nitrogen functional groups attached to an aromatic ring is 1. The van der Waals surface area contributed by atoms with E-state index in [-0.39, 0.29) is 11.6 Å². The molecule has 1 aliphatic heterocycles. The largest absolute Gasteiger partial charge is 0.398 e. The first-order chi connectivity index (χ1) is 11.1. The molecule has 23 heavy (non-hydrogen) atoms. The van der Waals surface area contributed by atoms with Gasteiger partial charge in [0.1, 0.15) is 11.8 Å². The van der Waals surface area contributed by atoms with Crippen LogP contribution in [0.25, 0.3) is 0 Å². The summed E-state index contributed by atoms with van der Waals surface area (Å²) in [6.45, 7) is 0. The highest BCUT2D eigenvalue weighted by Crippen LogP contribution is 2.30. The zero-order valence-electron chi connectivity index (χ0n) is 11.9. The second-order valence-electron chi connectivity index (χ2n) is 4.99. The molecule has 0 saturated carbocycles. The number of carbonyl (C=O) groups is 2. The highest BCUT2D eigenvalue weighted by molar-refractivity contribution is 6.39. The van der Waals surface area contributed by atoms with E-state index in [1.807, 2.05) is 18.2 Å². The number of aldehydes is 1. The number of hydrogen-bond acceptors (Lipinski definition) is 5. The average Bonchev–Trinajstić information content (AvgIpc) is 2.87. The van der Waals surface area contributed by atoms with Crippen LogP contribution in [0.1, 0.15) is 17.2 Å². The summed E-state index contributed by atoms with van der Waals surface area (Å²) in [7, 11) is 0. The van der Waals surface area contributed by atoms with Gasteiger partial charge in [0.15, 0.2) is 6.29 Å². The first kappa shape index (κ1) is 15.1. The molecule has 0 bridgehead atoms. The number of halogens is 1. The van der Waals surface area contributed by atoms with Crippen LogP contribution in [0.15, 0.2) is 47.6 Å². The lowest BCUT2D eigenvalue weighted by atomic mass is 10.1. The number of nitrogens with one attached hydrogen (secondary N) is 2. The van der Waals surface area contributed by atoms with Gasteiger partial charge in [-0.1, -0.05) is 29.8 Å². The van der Waals surface area contributed by atoms with E-state index in [9.17, 15) is 9.59 Å². The first-order valence-corrected chi connectivity index (χ1v) is 7.21. The van der Waals surface area contributed by atoms with Gasteiger partial charge in [0.2, 0.25) is 0 Å². The minimum atomic E-state index is -0.665. The molecule has 6 nitrogen and oxygen atoms in total. The molecular weight excluding hydrogens is 316 g/mol. The zero-order chi connectivity index (χ0) is 16.4. The quantitative estimate of drug-likeness (QED) is 0.346. The van der Waals surface area contributed by atoms with Gasteiger partial charge < -0.3 is 11.1 Å². The van der Waals surface area contributed by atoms with Gasteiger partial charge in [0.25, 0.3) is 5.91 Å². The molecule has 0 saturated heterocycles. The van der Waals surface area contributed by atoms with E-state index in [4.69, 9.17) is 17.3 Å². The van der Waals surface area contributed by atoms with Gasteiger partial charge in [-0.05, 0) is 24.3 Å². The van der Waals surface area contributed by atoms with Crippen LogP contribution in [0.2, 0.25) is 5.02 Å². The number of hydrazone groups is 1. The van der Waals surface area contributed by atoms with Crippen LogP contribution in [0.4, 0.5) is 11.4 Å². The highest BCUT2D eigenvalue weighted by atomic mass is 35.5. The van der Waals surface area contributed by atoms with Gasteiger partial charge in [0.05, 0.1) is 0 Å². The maximum Gasteiger partial charge on any atom is 0.253 e. The number of amides is 1. The number of nitrogens with two attached hydrogens (primary N) is 1. The molecule has 4 N–H and O–H groups in total. The van der Waals surface area contributed by atoms with E-state index in [1.54, 1.807) is 24.3 Å². The van der Waals surface area contributed by atoms with Crippen LogP contribution < -0.4 is 16.5 Å². The molecule has 0 fully saturated rings. The Kier molecular flexibility index (Phi) is 3.99. The van der Waals surface area contributed by atoms with E-state index < -0.39 is 6.04 Å². The molecule has 116 valence electrons. The van der Waals surface area contributed by atoms with Crippen molar-refractivity contribution in [1.82, 2.24) is 5.43 Å². The number of rotatable bonds is 4. The summed E-state index contributed by atoms with van der Waals surface area (Å²) in [5.41, 5.74) is 10.9. The summed E-state index contributed by atoms with van der Waals surface area (Å²) in [6, 6.07) is 11.4. The van der Waals surface area contributed by atoms with Gasteiger partial charge in [-0.25, -0.2) is 0 Å². The lowest BCUT2D eigenvalue weighted by molar-refractivity contribution is -0.117. The second-order valence-corrected chi connectivity index (χ2v) is 5.42. The molecule has 1 amide bonds. The minimum Gasteiger partial charge on any atom is -0.398 e. The Labute approximate surface area is 137 Å². The summed E-state index contributed by atoms with van der Waals surface area (Å²) in [5, 5.41) is 7.23. The van der Waals surface area contributed by atoms with Crippen molar-refractivity contribution in [2.45, 2.75) is 6.04 Å². The van der Waals surface area contributed by atoms with Gasteiger partial charge in [-0.2, -0.15) is 5.10 Å². The molecule has 2 aromatic rings. The number of fused-ring (bicyclic) bond motifs is 1. The van der Waals surface area contributed by atoms with Crippen LogP contribution in [0, 0.1) is 0 Å². The summed E-state index contributed by atoms with van der Waals surface area (Å²) < 4.78 is 0. The van der Waals surface area contributed by atoms with Crippen LogP contribution in [-0.2, 0) is 9.59 Å². The van der Waals surface area contributed by atoms with Gasteiger partial charge in [0, 0.05) is 27.5 Å². The lowest BCUT2D eigenvalue weighted by Crippen LogP contribution is -2.25. The fraction of sp³-hybridized carbons (Fsp3) is 0.0625. The molecule has 3 rings (SSSR count). The Hall–Kier alpha value is -2.86. The van der Waals surface area contributed by atoms with Crippen molar-refractivity contribution < 1.29 is 9.59 Å². The summed E-state index contributed by atoms with van der Waals surface area (Å²) in [5.74, 6) is -0.237. The molecule has 0 spiro atoms. The Morgan fingerprint density at radius 3 is 2.87 bits per heavy atom. The number of hydrogen-bond donors (Lipinski definition) is 3. The standard InChI is InChI=1S/C16H13ClN4O2/c17-9-5-6-12(18)11(7-9)14(8-22)20-21-15-10-3-1-2-4-13(10)19-16(15)23/h1-8,15,21H,18H2,(H,19,23)/b20-14+/t15-/m1/s1. The number of benzene rings is 2. The summed E-state index contributed by atoms with van der Waals surface area (Å²) in [6.07, 6.45) is 0.563. The number of anilines is 2. The van der Waals surface area contributed by atoms with Crippen molar-refractivity contribution in [3.63, 3.8) is 0 Å². The molecule has 1 atom stereocenters. The molecule has 0 unspecified atom stereocenters. The Bertz CT molecular complexity index is 819. The number of carbonyl (C=O) groups excluding carboxylic acids is 2. The van der Waals surface area contributed by atoms with Gasteiger partial charge in [-0.15, -0.1) is 0 Å². The second kappa shape index (κ2) is 6.10.